The zero-order valence-electron chi connectivity index (χ0n) is 13.4. The van der Waals surface area contributed by atoms with Gasteiger partial charge in [-0.2, -0.15) is 0 Å². The Bertz CT molecular complexity index is 416. The Morgan fingerprint density at radius 1 is 1.15 bits per heavy atom. The second kappa shape index (κ2) is 8.49. The Morgan fingerprint density at radius 3 is 2.10 bits per heavy atom. The van der Waals surface area contributed by atoms with Crippen LogP contribution in [0.3, 0.4) is 0 Å². The first kappa shape index (κ1) is 19.2. The summed E-state index contributed by atoms with van der Waals surface area (Å²) in [6.45, 7) is 11.7. The van der Waals surface area contributed by atoms with E-state index in [2.05, 4.69) is 74.5 Å². The summed E-state index contributed by atoms with van der Waals surface area (Å²) in [4.78, 5) is 4.19. The van der Waals surface area contributed by atoms with Crippen LogP contribution in [0, 0.1) is 0 Å². The molecule has 0 aliphatic rings. The largest absolute Gasteiger partial charge is 0.354 e. The van der Waals surface area contributed by atoms with Crippen LogP contribution in [-0.4, -0.2) is 19.0 Å². The predicted molar refractivity (Wildman–Crippen MR) is 99.0 cm³/mol. The maximum absolute atomic E-state index is 4.19. The highest BCUT2D eigenvalue weighted by Gasteiger charge is 2.12. The summed E-state index contributed by atoms with van der Waals surface area (Å²) < 4.78 is 0. The lowest BCUT2D eigenvalue weighted by Crippen LogP contribution is -2.40. The van der Waals surface area contributed by atoms with Gasteiger partial charge in [-0.15, -0.1) is 24.0 Å². The minimum atomic E-state index is 0. The summed E-state index contributed by atoms with van der Waals surface area (Å²) in [6.07, 6.45) is 0. The molecule has 0 spiro atoms. The fourth-order valence-electron chi connectivity index (χ4n) is 1.78. The van der Waals surface area contributed by atoms with Gasteiger partial charge in [0.05, 0.1) is 0 Å². The van der Waals surface area contributed by atoms with Crippen molar-refractivity contribution in [1.29, 1.82) is 0 Å². The Morgan fingerprint density at radius 2 is 1.70 bits per heavy atom. The number of benzene rings is 1. The van der Waals surface area contributed by atoms with E-state index in [9.17, 15) is 0 Å². The zero-order valence-corrected chi connectivity index (χ0v) is 15.8. The quantitative estimate of drug-likeness (QED) is 0.470. The van der Waals surface area contributed by atoms with Gasteiger partial charge in [0, 0.05) is 19.6 Å². The molecule has 0 amide bonds. The molecule has 114 valence electrons. The molecule has 20 heavy (non-hydrogen) atoms. The molecule has 2 N–H and O–H groups in total. The number of rotatable bonds is 3. The van der Waals surface area contributed by atoms with Crippen molar-refractivity contribution in [3.63, 3.8) is 0 Å². The standard InChI is InChI=1S/C16H27N3.HI/c1-12(2)19-15(17-6)18-11-13-7-9-14(10-8-13)16(3,4)5;/h7-10,12H,11H2,1-6H3,(H2,17,18,19);1H. The lowest BCUT2D eigenvalue weighted by molar-refractivity contribution is 0.590. The molecule has 3 nitrogen and oxygen atoms in total. The van der Waals surface area contributed by atoms with Gasteiger partial charge in [0.15, 0.2) is 5.96 Å². The fraction of sp³-hybridized carbons (Fsp3) is 0.562. The SMILES string of the molecule is CN=C(NCc1ccc(C(C)(C)C)cc1)NC(C)C.I. The van der Waals surface area contributed by atoms with Gasteiger partial charge >= 0.3 is 0 Å². The minimum Gasteiger partial charge on any atom is -0.354 e. The van der Waals surface area contributed by atoms with E-state index in [0.717, 1.165) is 12.5 Å². The molecule has 1 aromatic rings. The number of aliphatic imine (C=N–C) groups is 1. The molecular formula is C16H28IN3. The monoisotopic (exact) mass is 389 g/mol. The maximum atomic E-state index is 4.19. The van der Waals surface area contributed by atoms with Gasteiger partial charge in [-0.1, -0.05) is 45.0 Å². The van der Waals surface area contributed by atoms with E-state index in [-0.39, 0.29) is 29.4 Å². The molecule has 0 atom stereocenters. The van der Waals surface area contributed by atoms with Gasteiger partial charge in [-0.25, -0.2) is 0 Å². The smallest absolute Gasteiger partial charge is 0.191 e. The van der Waals surface area contributed by atoms with E-state index in [1.165, 1.54) is 11.1 Å². The van der Waals surface area contributed by atoms with Gasteiger partial charge in [-0.05, 0) is 30.4 Å². The van der Waals surface area contributed by atoms with E-state index < -0.39 is 0 Å². The van der Waals surface area contributed by atoms with Gasteiger partial charge in [0.1, 0.15) is 0 Å². The van der Waals surface area contributed by atoms with Crippen molar-refractivity contribution in [2.24, 2.45) is 4.99 Å². The predicted octanol–water partition coefficient (Wildman–Crippen LogP) is 3.68. The highest BCUT2D eigenvalue weighted by Crippen LogP contribution is 2.22. The first-order valence-corrected chi connectivity index (χ1v) is 6.89. The number of nitrogens with one attached hydrogen (secondary N) is 2. The third-order valence-electron chi connectivity index (χ3n) is 2.93. The summed E-state index contributed by atoms with van der Waals surface area (Å²) in [5.41, 5.74) is 2.84. The first-order chi connectivity index (χ1) is 8.82. The van der Waals surface area contributed by atoms with E-state index in [1.54, 1.807) is 7.05 Å². The highest BCUT2D eigenvalue weighted by atomic mass is 127. The molecule has 0 bridgehead atoms. The molecule has 0 radical (unpaired) electrons. The molecule has 0 saturated heterocycles. The lowest BCUT2D eigenvalue weighted by atomic mass is 9.87. The molecule has 0 aliphatic carbocycles. The second-order valence-corrected chi connectivity index (χ2v) is 6.17. The number of guanidine groups is 1. The van der Waals surface area contributed by atoms with Crippen molar-refractivity contribution in [2.75, 3.05) is 7.05 Å². The van der Waals surface area contributed by atoms with Crippen molar-refractivity contribution < 1.29 is 0 Å². The number of halogens is 1. The highest BCUT2D eigenvalue weighted by molar-refractivity contribution is 14.0. The third-order valence-corrected chi connectivity index (χ3v) is 2.93. The normalized spacial score (nSPS) is 12.1. The molecule has 0 heterocycles. The van der Waals surface area contributed by atoms with E-state index in [0.29, 0.717) is 6.04 Å². The zero-order chi connectivity index (χ0) is 14.5. The average molecular weight is 389 g/mol. The van der Waals surface area contributed by atoms with Crippen LogP contribution in [0.4, 0.5) is 0 Å². The van der Waals surface area contributed by atoms with Gasteiger partial charge in [-0.3, -0.25) is 4.99 Å². The maximum Gasteiger partial charge on any atom is 0.191 e. The molecular weight excluding hydrogens is 361 g/mol. The van der Waals surface area contributed by atoms with Crippen LogP contribution < -0.4 is 10.6 Å². The molecule has 0 unspecified atom stereocenters. The van der Waals surface area contributed by atoms with Crippen LogP contribution in [0.5, 0.6) is 0 Å². The van der Waals surface area contributed by atoms with Crippen LogP contribution in [-0.2, 0) is 12.0 Å². The van der Waals surface area contributed by atoms with Crippen molar-refractivity contribution in [3.05, 3.63) is 35.4 Å². The molecule has 0 fully saturated rings. The number of hydrogen-bond donors (Lipinski definition) is 2. The summed E-state index contributed by atoms with van der Waals surface area (Å²) in [5, 5.41) is 6.59. The third kappa shape index (κ3) is 6.59. The van der Waals surface area contributed by atoms with Gasteiger partial charge in [0.2, 0.25) is 0 Å². The summed E-state index contributed by atoms with van der Waals surface area (Å²) in [7, 11) is 1.79. The van der Waals surface area contributed by atoms with E-state index in [4.69, 9.17) is 0 Å². The molecule has 0 saturated carbocycles. The van der Waals surface area contributed by atoms with Crippen LogP contribution in [0.1, 0.15) is 45.7 Å². The fourth-order valence-corrected chi connectivity index (χ4v) is 1.78. The van der Waals surface area contributed by atoms with Crippen LogP contribution in [0.15, 0.2) is 29.3 Å². The van der Waals surface area contributed by atoms with E-state index >= 15 is 0 Å². The summed E-state index contributed by atoms with van der Waals surface area (Å²) in [5.74, 6) is 0.842. The minimum absolute atomic E-state index is 0. The number of nitrogens with zero attached hydrogens (tertiary/aromatic N) is 1. The molecule has 1 rings (SSSR count). The van der Waals surface area contributed by atoms with Crippen molar-refractivity contribution in [1.82, 2.24) is 10.6 Å². The lowest BCUT2D eigenvalue weighted by Gasteiger charge is -2.19. The van der Waals surface area contributed by atoms with Crippen molar-refractivity contribution >= 4 is 29.9 Å². The van der Waals surface area contributed by atoms with Crippen LogP contribution in [0.25, 0.3) is 0 Å². The van der Waals surface area contributed by atoms with Crippen molar-refractivity contribution in [2.45, 2.75) is 52.6 Å². The Labute approximate surface area is 140 Å². The summed E-state index contributed by atoms with van der Waals surface area (Å²) in [6, 6.07) is 9.15. The van der Waals surface area contributed by atoms with Crippen LogP contribution in [0.2, 0.25) is 0 Å². The first-order valence-electron chi connectivity index (χ1n) is 6.89. The van der Waals surface area contributed by atoms with Gasteiger partial charge < -0.3 is 10.6 Å². The molecule has 0 aromatic heterocycles. The Kier molecular flexibility index (Phi) is 8.16. The van der Waals surface area contributed by atoms with Gasteiger partial charge in [0.25, 0.3) is 0 Å². The molecule has 4 heteroatoms. The Balaban J connectivity index is 0.00000361. The average Bonchev–Trinajstić information content (AvgIpc) is 2.33. The van der Waals surface area contributed by atoms with Crippen LogP contribution >= 0.6 is 24.0 Å². The topological polar surface area (TPSA) is 36.4 Å². The Hall–Kier alpha value is -0.780. The number of hydrogen-bond acceptors (Lipinski definition) is 1. The van der Waals surface area contributed by atoms with E-state index in [1.807, 2.05) is 0 Å². The van der Waals surface area contributed by atoms with Crippen molar-refractivity contribution in [3.8, 4) is 0 Å². The molecule has 1 aromatic carbocycles. The molecule has 0 aliphatic heterocycles. The summed E-state index contributed by atoms with van der Waals surface area (Å²) >= 11 is 0. The second-order valence-electron chi connectivity index (χ2n) is 6.17.